The highest BCUT2D eigenvalue weighted by Gasteiger charge is 2.32. The second-order valence-corrected chi connectivity index (χ2v) is 4.44. The predicted octanol–water partition coefficient (Wildman–Crippen LogP) is 4.09. The molecule has 0 fully saturated rings. The minimum absolute atomic E-state index is 0.119. The Hall–Kier alpha value is -2.24. The molecule has 0 bridgehead atoms. The fourth-order valence-corrected chi connectivity index (χ4v) is 1.70. The van der Waals surface area contributed by atoms with Gasteiger partial charge in [-0.3, -0.25) is 0 Å². The summed E-state index contributed by atoms with van der Waals surface area (Å²) in [6.45, 7) is 3.63. The number of benzene rings is 1. The maximum atomic E-state index is 12.6. The third-order valence-electron chi connectivity index (χ3n) is 2.79. The molecule has 0 atom stereocenters. The molecule has 0 saturated carbocycles. The summed E-state index contributed by atoms with van der Waals surface area (Å²) in [7, 11) is 0. The van der Waals surface area contributed by atoms with Crippen LogP contribution >= 0.6 is 0 Å². The number of hydrogen-bond acceptors (Lipinski definition) is 3. The molecule has 0 spiro atoms. The number of hydrogen-bond donors (Lipinski definition) is 1. The normalized spacial score (nSPS) is 11.4. The number of aromatic nitrogens is 1. The minimum Gasteiger partial charge on any atom is -0.439 e. The largest absolute Gasteiger partial charge is 0.439 e. The predicted molar refractivity (Wildman–Crippen MR) is 69.6 cm³/mol. The van der Waals surface area contributed by atoms with Crippen LogP contribution in [0.4, 0.5) is 18.9 Å². The van der Waals surface area contributed by atoms with E-state index in [0.29, 0.717) is 11.4 Å². The highest BCUT2D eigenvalue weighted by atomic mass is 19.4. The molecule has 0 saturated heterocycles. The molecule has 0 radical (unpaired) electrons. The molecule has 1 aromatic heterocycles. The lowest BCUT2D eigenvalue weighted by Gasteiger charge is -2.12. The van der Waals surface area contributed by atoms with Crippen molar-refractivity contribution in [3.05, 3.63) is 47.2 Å². The van der Waals surface area contributed by atoms with Crippen LogP contribution in [0.5, 0.6) is 11.6 Å². The van der Waals surface area contributed by atoms with Crippen LogP contribution < -0.4 is 10.5 Å². The first-order valence-electron chi connectivity index (χ1n) is 5.86. The van der Waals surface area contributed by atoms with E-state index < -0.39 is 11.9 Å². The van der Waals surface area contributed by atoms with Crippen LogP contribution in [0.15, 0.2) is 30.3 Å². The molecule has 0 aliphatic rings. The Morgan fingerprint density at radius 1 is 1.10 bits per heavy atom. The number of nitrogens with two attached hydrogens (primary N) is 1. The quantitative estimate of drug-likeness (QED) is 0.844. The van der Waals surface area contributed by atoms with E-state index in [9.17, 15) is 13.2 Å². The fourth-order valence-electron chi connectivity index (χ4n) is 1.70. The molecule has 2 N–H and O–H groups in total. The molecule has 0 unspecified atom stereocenters. The van der Waals surface area contributed by atoms with E-state index in [1.807, 2.05) is 6.92 Å². The monoisotopic (exact) mass is 282 g/mol. The van der Waals surface area contributed by atoms with Crippen molar-refractivity contribution >= 4 is 5.69 Å². The lowest BCUT2D eigenvalue weighted by Crippen LogP contribution is -2.08. The van der Waals surface area contributed by atoms with Crippen molar-refractivity contribution in [1.82, 2.24) is 4.98 Å². The van der Waals surface area contributed by atoms with Gasteiger partial charge in [-0.15, -0.1) is 0 Å². The third-order valence-corrected chi connectivity index (χ3v) is 2.79. The van der Waals surface area contributed by atoms with Gasteiger partial charge in [0, 0.05) is 17.8 Å². The van der Waals surface area contributed by atoms with Gasteiger partial charge in [0.05, 0.1) is 0 Å². The van der Waals surface area contributed by atoms with Crippen molar-refractivity contribution < 1.29 is 17.9 Å². The molecule has 0 amide bonds. The van der Waals surface area contributed by atoms with Crippen LogP contribution in [0.2, 0.25) is 0 Å². The zero-order valence-electron chi connectivity index (χ0n) is 11.0. The lowest BCUT2D eigenvalue weighted by atomic mass is 10.1. The van der Waals surface area contributed by atoms with Gasteiger partial charge in [0.15, 0.2) is 0 Å². The van der Waals surface area contributed by atoms with E-state index in [1.165, 1.54) is 12.1 Å². The number of alkyl halides is 3. The highest BCUT2D eigenvalue weighted by molar-refractivity contribution is 5.54. The molecule has 2 rings (SSSR count). The van der Waals surface area contributed by atoms with Crippen LogP contribution in [-0.2, 0) is 6.18 Å². The van der Waals surface area contributed by atoms with Crippen LogP contribution in [-0.4, -0.2) is 4.98 Å². The molecule has 20 heavy (non-hydrogen) atoms. The van der Waals surface area contributed by atoms with Gasteiger partial charge in [0.2, 0.25) is 5.88 Å². The molecule has 0 aliphatic heterocycles. The van der Waals surface area contributed by atoms with E-state index in [0.717, 1.165) is 17.2 Å². The third kappa shape index (κ3) is 3.01. The highest BCUT2D eigenvalue weighted by Crippen LogP contribution is 2.31. The molecular weight excluding hydrogens is 269 g/mol. The van der Waals surface area contributed by atoms with E-state index in [1.54, 1.807) is 19.1 Å². The zero-order chi connectivity index (χ0) is 14.9. The molecule has 6 heteroatoms. The summed E-state index contributed by atoms with van der Waals surface area (Å²) >= 11 is 0. The summed E-state index contributed by atoms with van der Waals surface area (Å²) in [4.78, 5) is 3.44. The summed E-state index contributed by atoms with van der Waals surface area (Å²) in [6.07, 6.45) is -4.50. The van der Waals surface area contributed by atoms with Crippen LogP contribution in [0.3, 0.4) is 0 Å². The second-order valence-electron chi connectivity index (χ2n) is 4.44. The van der Waals surface area contributed by atoms with Gasteiger partial charge in [-0.2, -0.15) is 13.2 Å². The maximum Gasteiger partial charge on any atom is 0.433 e. The van der Waals surface area contributed by atoms with E-state index in [2.05, 4.69) is 4.98 Å². The first-order valence-corrected chi connectivity index (χ1v) is 5.86. The first kappa shape index (κ1) is 14.2. The van der Waals surface area contributed by atoms with Crippen molar-refractivity contribution in [1.29, 1.82) is 0 Å². The summed E-state index contributed by atoms with van der Waals surface area (Å²) in [5.41, 5.74) is 6.94. The number of rotatable bonds is 2. The van der Waals surface area contributed by atoms with Crippen LogP contribution in [0, 0.1) is 13.8 Å². The second kappa shape index (κ2) is 5.03. The summed E-state index contributed by atoms with van der Waals surface area (Å²) in [6, 6.07) is 6.89. The van der Waals surface area contributed by atoms with Crippen molar-refractivity contribution in [3.8, 4) is 11.6 Å². The smallest absolute Gasteiger partial charge is 0.433 e. The standard InChI is InChI=1S/C14H13F3N2O/c1-8-6-9(2)11(7-10(8)18)20-13-5-3-4-12(19-13)14(15,16)17/h3-7H,18H2,1-2H3. The number of nitrogen functional groups attached to an aromatic ring is 1. The molecule has 2 aromatic rings. The van der Waals surface area contributed by atoms with E-state index in [-0.39, 0.29) is 5.88 Å². The number of anilines is 1. The SMILES string of the molecule is Cc1cc(C)c(Oc2cccc(C(F)(F)F)n2)cc1N. The average Bonchev–Trinajstić information content (AvgIpc) is 2.35. The molecule has 0 aliphatic carbocycles. The Balaban J connectivity index is 2.33. The van der Waals surface area contributed by atoms with E-state index in [4.69, 9.17) is 10.5 Å². The molecule has 1 heterocycles. The van der Waals surface area contributed by atoms with Gasteiger partial charge in [0.25, 0.3) is 0 Å². The fraction of sp³-hybridized carbons (Fsp3) is 0.214. The first-order chi connectivity index (χ1) is 9.27. The number of halogens is 3. The number of pyridine rings is 1. The Bertz CT molecular complexity index is 639. The summed E-state index contributed by atoms with van der Waals surface area (Å²) < 4.78 is 43.1. The van der Waals surface area contributed by atoms with Crippen molar-refractivity contribution in [2.45, 2.75) is 20.0 Å². The van der Waals surface area contributed by atoms with Gasteiger partial charge in [-0.25, -0.2) is 4.98 Å². The maximum absolute atomic E-state index is 12.6. The van der Waals surface area contributed by atoms with Gasteiger partial charge >= 0.3 is 6.18 Å². The van der Waals surface area contributed by atoms with E-state index >= 15 is 0 Å². The van der Waals surface area contributed by atoms with Gasteiger partial charge in [-0.1, -0.05) is 12.1 Å². The Kier molecular flexibility index (Phi) is 3.57. The Morgan fingerprint density at radius 3 is 2.45 bits per heavy atom. The number of ether oxygens (including phenoxy) is 1. The van der Waals surface area contributed by atoms with Crippen molar-refractivity contribution in [2.24, 2.45) is 0 Å². The van der Waals surface area contributed by atoms with Crippen LogP contribution in [0.1, 0.15) is 16.8 Å². The van der Waals surface area contributed by atoms with Gasteiger partial charge < -0.3 is 10.5 Å². The molecule has 1 aromatic carbocycles. The van der Waals surface area contributed by atoms with Crippen LogP contribution in [0.25, 0.3) is 0 Å². The Labute approximate surface area is 114 Å². The number of aryl methyl sites for hydroxylation is 2. The van der Waals surface area contributed by atoms with Gasteiger partial charge in [-0.05, 0) is 31.0 Å². The minimum atomic E-state index is -4.50. The Morgan fingerprint density at radius 2 is 1.80 bits per heavy atom. The molecular formula is C14H13F3N2O. The lowest BCUT2D eigenvalue weighted by molar-refractivity contribution is -0.141. The van der Waals surface area contributed by atoms with Crippen molar-refractivity contribution in [2.75, 3.05) is 5.73 Å². The van der Waals surface area contributed by atoms with Gasteiger partial charge in [0.1, 0.15) is 11.4 Å². The van der Waals surface area contributed by atoms with Crippen molar-refractivity contribution in [3.63, 3.8) is 0 Å². The molecule has 106 valence electrons. The average molecular weight is 282 g/mol. The summed E-state index contributed by atoms with van der Waals surface area (Å²) in [5.74, 6) is 0.270. The number of nitrogens with zero attached hydrogens (tertiary/aromatic N) is 1. The topological polar surface area (TPSA) is 48.1 Å². The molecule has 3 nitrogen and oxygen atoms in total. The summed E-state index contributed by atoms with van der Waals surface area (Å²) in [5, 5.41) is 0. The zero-order valence-corrected chi connectivity index (χ0v) is 11.0.